The Morgan fingerprint density at radius 2 is 2.04 bits per heavy atom. The Morgan fingerprint density at radius 3 is 2.84 bits per heavy atom. The molecule has 130 valence electrons. The predicted octanol–water partition coefficient (Wildman–Crippen LogP) is 3.06. The van der Waals surface area contributed by atoms with Gasteiger partial charge in [0, 0.05) is 31.1 Å². The molecule has 0 radical (unpaired) electrons. The highest BCUT2D eigenvalue weighted by atomic mass is 16.2. The number of carbonyl (C=O) groups excluding carboxylic acids is 1. The van der Waals surface area contributed by atoms with Gasteiger partial charge in [0.1, 0.15) is 0 Å². The zero-order chi connectivity index (χ0) is 16.8. The molecule has 4 heteroatoms. The zero-order valence-electron chi connectivity index (χ0n) is 14.6. The largest absolute Gasteiger partial charge is 0.336 e. The van der Waals surface area contributed by atoms with Gasteiger partial charge in [-0.05, 0) is 43.1 Å². The summed E-state index contributed by atoms with van der Waals surface area (Å²) in [5, 5.41) is 0. The second kappa shape index (κ2) is 6.01. The molecule has 2 aliphatic carbocycles. The molecule has 2 saturated carbocycles. The van der Waals surface area contributed by atoms with E-state index < -0.39 is 0 Å². The number of rotatable bonds is 5. The summed E-state index contributed by atoms with van der Waals surface area (Å²) >= 11 is 0. The van der Waals surface area contributed by atoms with Crippen LogP contribution < -0.4 is 0 Å². The van der Waals surface area contributed by atoms with Crippen LogP contribution in [-0.2, 0) is 30.7 Å². The fourth-order valence-electron chi connectivity index (χ4n) is 4.42. The van der Waals surface area contributed by atoms with Gasteiger partial charge in [0.15, 0.2) is 0 Å². The van der Waals surface area contributed by atoms with Crippen LogP contribution in [0.3, 0.4) is 0 Å². The molecule has 2 aromatic rings. The number of amides is 1. The molecule has 1 amide bonds. The summed E-state index contributed by atoms with van der Waals surface area (Å²) in [4.78, 5) is 19.4. The smallest absolute Gasteiger partial charge is 0.226 e. The molecule has 2 heterocycles. The Labute approximate surface area is 148 Å². The molecule has 1 aromatic carbocycles. The molecule has 0 unspecified atom stereocenters. The van der Waals surface area contributed by atoms with Gasteiger partial charge >= 0.3 is 0 Å². The third-order valence-electron chi connectivity index (χ3n) is 6.17. The lowest BCUT2D eigenvalue weighted by Crippen LogP contribution is -2.37. The summed E-state index contributed by atoms with van der Waals surface area (Å²) in [5.74, 6) is 2.29. The molecule has 0 bridgehead atoms. The van der Waals surface area contributed by atoms with Gasteiger partial charge in [0.2, 0.25) is 5.91 Å². The van der Waals surface area contributed by atoms with Crippen LogP contribution in [0.1, 0.15) is 36.2 Å². The van der Waals surface area contributed by atoms with Crippen molar-refractivity contribution in [3.05, 3.63) is 53.6 Å². The number of fused-ring (bicyclic) bond motifs is 1. The Hall–Kier alpha value is -2.10. The molecule has 2 fully saturated rings. The fourth-order valence-corrected chi connectivity index (χ4v) is 4.42. The molecule has 0 N–H and O–H groups in total. The van der Waals surface area contributed by atoms with Crippen LogP contribution in [0.4, 0.5) is 0 Å². The minimum atomic E-state index is 0.328. The summed E-state index contributed by atoms with van der Waals surface area (Å²) in [6.45, 7) is 2.53. The second-order valence-corrected chi connectivity index (χ2v) is 7.92. The van der Waals surface area contributed by atoms with E-state index in [0.29, 0.717) is 24.3 Å². The SMILES string of the molecule is O=C([C@H]1C[C@H]1C1CC1)N1CCc2c(ncn2CCc2ccccc2)C1. The van der Waals surface area contributed by atoms with Crippen LogP contribution in [0.2, 0.25) is 0 Å². The highest BCUT2D eigenvalue weighted by Gasteiger charge is 2.52. The molecule has 1 aliphatic heterocycles. The topological polar surface area (TPSA) is 38.1 Å². The lowest BCUT2D eigenvalue weighted by Gasteiger charge is -2.27. The summed E-state index contributed by atoms with van der Waals surface area (Å²) in [5.41, 5.74) is 3.79. The van der Waals surface area contributed by atoms with E-state index in [4.69, 9.17) is 0 Å². The van der Waals surface area contributed by atoms with E-state index in [-0.39, 0.29) is 0 Å². The predicted molar refractivity (Wildman–Crippen MR) is 95.8 cm³/mol. The highest BCUT2D eigenvalue weighted by molar-refractivity contribution is 5.82. The van der Waals surface area contributed by atoms with E-state index in [0.717, 1.165) is 44.0 Å². The van der Waals surface area contributed by atoms with E-state index in [2.05, 4.69) is 44.8 Å². The maximum Gasteiger partial charge on any atom is 0.226 e. The van der Waals surface area contributed by atoms with Crippen LogP contribution >= 0.6 is 0 Å². The number of aryl methyl sites for hydroxylation is 2. The van der Waals surface area contributed by atoms with Gasteiger partial charge in [0.25, 0.3) is 0 Å². The Bertz CT molecular complexity index is 778. The van der Waals surface area contributed by atoms with Crippen molar-refractivity contribution in [2.24, 2.45) is 17.8 Å². The van der Waals surface area contributed by atoms with Gasteiger partial charge in [0.05, 0.1) is 18.6 Å². The van der Waals surface area contributed by atoms with Crippen LogP contribution in [0.25, 0.3) is 0 Å². The number of imidazole rings is 1. The molecule has 2 atom stereocenters. The average Bonchev–Trinajstić information content (AvgIpc) is 3.55. The first kappa shape index (κ1) is 15.2. The zero-order valence-corrected chi connectivity index (χ0v) is 14.6. The molecule has 1 aromatic heterocycles. The minimum absolute atomic E-state index is 0.328. The van der Waals surface area contributed by atoms with Crippen molar-refractivity contribution in [3.8, 4) is 0 Å². The van der Waals surface area contributed by atoms with Crippen molar-refractivity contribution in [2.45, 2.75) is 45.2 Å². The summed E-state index contributed by atoms with van der Waals surface area (Å²) in [6, 6.07) is 10.6. The van der Waals surface area contributed by atoms with Crippen LogP contribution in [0.15, 0.2) is 36.7 Å². The van der Waals surface area contributed by atoms with E-state index in [1.54, 1.807) is 0 Å². The summed E-state index contributed by atoms with van der Waals surface area (Å²) in [6.07, 6.45) is 7.77. The van der Waals surface area contributed by atoms with Crippen molar-refractivity contribution in [3.63, 3.8) is 0 Å². The minimum Gasteiger partial charge on any atom is -0.336 e. The van der Waals surface area contributed by atoms with Crippen LogP contribution in [0.5, 0.6) is 0 Å². The molecular weight excluding hydrogens is 310 g/mol. The van der Waals surface area contributed by atoms with Gasteiger partial charge in [-0.1, -0.05) is 30.3 Å². The van der Waals surface area contributed by atoms with Crippen molar-refractivity contribution in [2.75, 3.05) is 6.54 Å². The van der Waals surface area contributed by atoms with E-state index in [1.807, 2.05) is 6.33 Å². The molecule has 5 rings (SSSR count). The summed E-state index contributed by atoms with van der Waals surface area (Å²) < 4.78 is 2.29. The van der Waals surface area contributed by atoms with E-state index >= 15 is 0 Å². The van der Waals surface area contributed by atoms with Gasteiger partial charge in [-0.25, -0.2) is 4.98 Å². The van der Waals surface area contributed by atoms with Gasteiger partial charge in [-0.2, -0.15) is 0 Å². The summed E-state index contributed by atoms with van der Waals surface area (Å²) in [7, 11) is 0. The third kappa shape index (κ3) is 2.99. The lowest BCUT2D eigenvalue weighted by atomic mass is 10.1. The fraction of sp³-hybridized carbons (Fsp3) is 0.524. The van der Waals surface area contributed by atoms with Gasteiger partial charge < -0.3 is 9.47 Å². The van der Waals surface area contributed by atoms with Gasteiger partial charge in [-0.3, -0.25) is 4.79 Å². The average molecular weight is 335 g/mol. The standard InChI is InChI=1S/C21H25N3O/c25-21(18-12-17(18)16-6-7-16)23-11-9-20-19(13-23)22-14-24(20)10-8-15-4-2-1-3-5-15/h1-5,14,16-18H,6-13H2/t17-,18-/m0/s1. The maximum atomic E-state index is 12.7. The third-order valence-corrected chi connectivity index (χ3v) is 6.17. The van der Waals surface area contributed by atoms with E-state index in [9.17, 15) is 4.79 Å². The second-order valence-electron chi connectivity index (χ2n) is 7.92. The molecule has 0 saturated heterocycles. The first-order valence-electron chi connectivity index (χ1n) is 9.65. The number of hydrogen-bond acceptors (Lipinski definition) is 2. The van der Waals surface area contributed by atoms with Crippen molar-refractivity contribution in [1.82, 2.24) is 14.5 Å². The Kier molecular flexibility index (Phi) is 3.65. The molecular formula is C21H25N3O. The first-order chi connectivity index (χ1) is 12.3. The highest BCUT2D eigenvalue weighted by Crippen LogP contribution is 2.55. The molecule has 3 aliphatic rings. The number of carbonyl (C=O) groups is 1. The number of nitrogens with zero attached hydrogens (tertiary/aromatic N) is 3. The van der Waals surface area contributed by atoms with Crippen LogP contribution in [0, 0.1) is 17.8 Å². The molecule has 25 heavy (non-hydrogen) atoms. The lowest BCUT2D eigenvalue weighted by molar-refractivity contribution is -0.134. The number of benzene rings is 1. The van der Waals surface area contributed by atoms with Crippen LogP contribution in [-0.4, -0.2) is 26.9 Å². The van der Waals surface area contributed by atoms with Crippen molar-refractivity contribution < 1.29 is 4.79 Å². The molecule has 0 spiro atoms. The number of aromatic nitrogens is 2. The number of hydrogen-bond donors (Lipinski definition) is 0. The Morgan fingerprint density at radius 1 is 1.20 bits per heavy atom. The maximum absolute atomic E-state index is 12.7. The quantitative estimate of drug-likeness (QED) is 0.842. The van der Waals surface area contributed by atoms with Crippen molar-refractivity contribution in [1.29, 1.82) is 0 Å². The van der Waals surface area contributed by atoms with Crippen molar-refractivity contribution >= 4 is 5.91 Å². The molecule has 4 nitrogen and oxygen atoms in total. The first-order valence-corrected chi connectivity index (χ1v) is 9.65. The monoisotopic (exact) mass is 335 g/mol. The Balaban J connectivity index is 1.22. The van der Waals surface area contributed by atoms with Gasteiger partial charge in [-0.15, -0.1) is 0 Å². The van der Waals surface area contributed by atoms with E-state index in [1.165, 1.54) is 24.1 Å². The normalized spacial score (nSPS) is 24.9.